The van der Waals surface area contributed by atoms with Crippen LogP contribution >= 0.6 is 0 Å². The third-order valence-electron chi connectivity index (χ3n) is 5.43. The maximum absolute atomic E-state index is 13.1. The summed E-state index contributed by atoms with van der Waals surface area (Å²) in [6.45, 7) is 1.46. The predicted octanol–water partition coefficient (Wildman–Crippen LogP) is 5.56. The van der Waals surface area contributed by atoms with Crippen molar-refractivity contribution in [3.05, 3.63) is 71.3 Å². The molecule has 2 atom stereocenters. The first-order valence-electron chi connectivity index (χ1n) is 9.98. The van der Waals surface area contributed by atoms with Crippen molar-refractivity contribution in [1.29, 1.82) is 0 Å². The fourth-order valence-electron chi connectivity index (χ4n) is 4.09. The molecule has 1 heterocycles. The monoisotopic (exact) mass is 405 g/mol. The zero-order valence-corrected chi connectivity index (χ0v) is 16.5. The second kappa shape index (κ2) is 9.44. The van der Waals surface area contributed by atoms with Gasteiger partial charge in [-0.2, -0.15) is 13.2 Å². The summed E-state index contributed by atoms with van der Waals surface area (Å²) in [7, 11) is 0. The molecule has 1 saturated heterocycles. The summed E-state index contributed by atoms with van der Waals surface area (Å²) >= 11 is 0. The summed E-state index contributed by atoms with van der Waals surface area (Å²) in [5, 5.41) is 0. The third kappa shape index (κ3) is 5.60. The Balaban J connectivity index is 1.67. The van der Waals surface area contributed by atoms with Crippen LogP contribution in [0.25, 0.3) is 0 Å². The average molecular weight is 405 g/mol. The molecule has 0 saturated carbocycles. The standard InChI is InChI=1S/C23H26F3NO2/c1-2-20(18-7-4-3-5-8-18)21-9-6-14-27(21)22(28)19-12-10-17(11-13-19)15-29-16-23(24,25)26/h3-5,7-8,10-13,20-21H,2,6,9,14-16H2,1H3/t20-,21+/m1/s1. The van der Waals surface area contributed by atoms with Gasteiger partial charge in [-0.25, -0.2) is 0 Å². The number of alkyl halides is 3. The summed E-state index contributed by atoms with van der Waals surface area (Å²) in [6.07, 6.45) is -1.44. The van der Waals surface area contributed by atoms with Crippen LogP contribution < -0.4 is 0 Å². The van der Waals surface area contributed by atoms with Crippen molar-refractivity contribution < 1.29 is 22.7 Å². The Morgan fingerprint density at radius 3 is 2.45 bits per heavy atom. The Labute approximate surface area is 169 Å². The normalized spacial score (nSPS) is 18.1. The molecule has 0 bridgehead atoms. The van der Waals surface area contributed by atoms with E-state index in [0.29, 0.717) is 11.1 Å². The third-order valence-corrected chi connectivity index (χ3v) is 5.43. The van der Waals surface area contributed by atoms with Crippen LogP contribution in [0.5, 0.6) is 0 Å². The molecule has 0 aliphatic carbocycles. The van der Waals surface area contributed by atoms with Gasteiger partial charge in [0.05, 0.1) is 6.61 Å². The lowest BCUT2D eigenvalue weighted by Crippen LogP contribution is -2.39. The fourth-order valence-corrected chi connectivity index (χ4v) is 4.09. The number of ether oxygens (including phenoxy) is 1. The second-order valence-corrected chi connectivity index (χ2v) is 7.44. The molecule has 6 heteroatoms. The van der Waals surface area contributed by atoms with Crippen LogP contribution in [0.4, 0.5) is 13.2 Å². The van der Waals surface area contributed by atoms with Crippen molar-refractivity contribution in [2.75, 3.05) is 13.2 Å². The maximum atomic E-state index is 13.1. The summed E-state index contributed by atoms with van der Waals surface area (Å²) < 4.78 is 41.2. The number of nitrogens with zero attached hydrogens (tertiary/aromatic N) is 1. The van der Waals surface area contributed by atoms with Crippen LogP contribution in [-0.4, -0.2) is 36.2 Å². The van der Waals surface area contributed by atoms with E-state index in [-0.39, 0.29) is 24.5 Å². The van der Waals surface area contributed by atoms with Crippen molar-refractivity contribution in [3.63, 3.8) is 0 Å². The molecule has 1 fully saturated rings. The molecule has 1 aliphatic rings. The van der Waals surface area contributed by atoms with Gasteiger partial charge in [-0.1, -0.05) is 49.4 Å². The van der Waals surface area contributed by atoms with E-state index >= 15 is 0 Å². The SMILES string of the molecule is CC[C@H](c1ccccc1)[C@@H]1CCCN1C(=O)c1ccc(COCC(F)(F)F)cc1. The van der Waals surface area contributed by atoms with Crippen LogP contribution in [0.2, 0.25) is 0 Å². The van der Waals surface area contributed by atoms with Gasteiger partial charge >= 0.3 is 6.18 Å². The largest absolute Gasteiger partial charge is 0.411 e. The number of halogens is 3. The smallest absolute Gasteiger partial charge is 0.367 e. The lowest BCUT2D eigenvalue weighted by molar-refractivity contribution is -0.176. The quantitative estimate of drug-likeness (QED) is 0.603. The fraction of sp³-hybridized carbons (Fsp3) is 0.435. The first-order valence-corrected chi connectivity index (χ1v) is 9.98. The molecular formula is C23H26F3NO2. The minimum Gasteiger partial charge on any atom is -0.367 e. The molecule has 0 unspecified atom stereocenters. The maximum Gasteiger partial charge on any atom is 0.411 e. The summed E-state index contributed by atoms with van der Waals surface area (Å²) in [6, 6.07) is 17.1. The van der Waals surface area contributed by atoms with Crippen molar-refractivity contribution in [3.8, 4) is 0 Å². The predicted molar refractivity (Wildman–Crippen MR) is 106 cm³/mol. The number of hydrogen-bond donors (Lipinski definition) is 0. The average Bonchev–Trinajstić information content (AvgIpc) is 3.18. The number of likely N-dealkylation sites (tertiary alicyclic amines) is 1. The Morgan fingerprint density at radius 1 is 1.14 bits per heavy atom. The number of carbonyl (C=O) groups is 1. The van der Waals surface area contributed by atoms with Gasteiger partial charge in [0.25, 0.3) is 5.91 Å². The topological polar surface area (TPSA) is 29.5 Å². The Hall–Kier alpha value is -2.34. The summed E-state index contributed by atoms with van der Waals surface area (Å²) in [4.78, 5) is 15.1. The van der Waals surface area contributed by atoms with Crippen molar-refractivity contribution in [2.45, 2.75) is 50.9 Å². The lowest BCUT2D eigenvalue weighted by atomic mass is 9.87. The van der Waals surface area contributed by atoms with Crippen LogP contribution in [0, 0.1) is 0 Å². The highest BCUT2D eigenvalue weighted by Crippen LogP contribution is 2.34. The summed E-state index contributed by atoms with van der Waals surface area (Å²) in [5.41, 5.74) is 2.41. The number of benzene rings is 2. The molecule has 0 spiro atoms. The lowest BCUT2D eigenvalue weighted by Gasteiger charge is -2.32. The van der Waals surface area contributed by atoms with Gasteiger partial charge in [0.1, 0.15) is 6.61 Å². The highest BCUT2D eigenvalue weighted by atomic mass is 19.4. The molecule has 29 heavy (non-hydrogen) atoms. The van der Waals surface area contributed by atoms with Crippen molar-refractivity contribution >= 4 is 5.91 Å². The molecule has 0 N–H and O–H groups in total. The molecule has 156 valence electrons. The van der Waals surface area contributed by atoms with Gasteiger partial charge in [0.15, 0.2) is 0 Å². The molecule has 2 aromatic carbocycles. The van der Waals surface area contributed by atoms with E-state index in [1.807, 2.05) is 23.1 Å². The second-order valence-electron chi connectivity index (χ2n) is 7.44. The van der Waals surface area contributed by atoms with Crippen LogP contribution in [-0.2, 0) is 11.3 Å². The molecular weight excluding hydrogens is 379 g/mol. The Bertz CT molecular complexity index is 790. The Kier molecular flexibility index (Phi) is 6.96. The Morgan fingerprint density at radius 2 is 1.83 bits per heavy atom. The first-order chi connectivity index (χ1) is 13.9. The van der Waals surface area contributed by atoms with Gasteiger partial charge in [-0.15, -0.1) is 0 Å². The molecule has 0 radical (unpaired) electrons. The molecule has 0 aromatic heterocycles. The molecule has 1 amide bonds. The highest BCUT2D eigenvalue weighted by Gasteiger charge is 2.35. The number of hydrogen-bond acceptors (Lipinski definition) is 2. The van der Waals surface area contributed by atoms with E-state index in [2.05, 4.69) is 23.8 Å². The van der Waals surface area contributed by atoms with Crippen molar-refractivity contribution in [2.24, 2.45) is 0 Å². The van der Waals surface area contributed by atoms with Gasteiger partial charge in [-0.3, -0.25) is 4.79 Å². The first kappa shape index (κ1) is 21.4. The number of amides is 1. The van der Waals surface area contributed by atoms with E-state index in [9.17, 15) is 18.0 Å². The zero-order valence-electron chi connectivity index (χ0n) is 16.5. The molecule has 3 nitrogen and oxygen atoms in total. The molecule has 1 aliphatic heterocycles. The van der Waals surface area contributed by atoms with E-state index in [0.717, 1.165) is 25.8 Å². The van der Waals surface area contributed by atoms with Crippen molar-refractivity contribution in [1.82, 2.24) is 4.90 Å². The van der Waals surface area contributed by atoms with Crippen LogP contribution in [0.15, 0.2) is 54.6 Å². The minimum absolute atomic E-state index is 0.0235. The van der Waals surface area contributed by atoms with Gasteiger partial charge in [-0.05, 0) is 42.5 Å². The van der Waals surface area contributed by atoms with E-state index in [1.54, 1.807) is 24.3 Å². The van der Waals surface area contributed by atoms with Gasteiger partial charge in [0, 0.05) is 24.1 Å². The number of carbonyl (C=O) groups excluding carboxylic acids is 1. The van der Waals surface area contributed by atoms with Gasteiger partial charge < -0.3 is 9.64 Å². The highest BCUT2D eigenvalue weighted by molar-refractivity contribution is 5.94. The minimum atomic E-state index is -4.34. The van der Waals surface area contributed by atoms with Crippen LogP contribution in [0.3, 0.4) is 0 Å². The summed E-state index contributed by atoms with van der Waals surface area (Å²) in [5.74, 6) is 0.266. The van der Waals surface area contributed by atoms with Crippen LogP contribution in [0.1, 0.15) is 53.6 Å². The zero-order chi connectivity index (χ0) is 20.9. The van der Waals surface area contributed by atoms with E-state index < -0.39 is 12.8 Å². The molecule has 3 rings (SSSR count). The number of rotatable bonds is 7. The molecule has 2 aromatic rings. The van der Waals surface area contributed by atoms with E-state index in [1.165, 1.54) is 5.56 Å². The van der Waals surface area contributed by atoms with E-state index in [4.69, 9.17) is 0 Å². The van der Waals surface area contributed by atoms with Gasteiger partial charge in [0.2, 0.25) is 0 Å².